The standard InChI is InChI=1S/C29H40N6O3/c1-20(2)17-33-18-22(4)34(19-21(33)3)25-14-23(15-26(36)16-25)13-24-9-5-6-10-27(24)29-30-31-32-35(29)12-8-7-11-28(37)38/h5-6,9-10,14-16,20-22,36H,7-8,11-13,17-19H2,1-4H3,(H,37,38)/t21-,22+/m1/s1. The fraction of sp³-hybridized carbons (Fsp3) is 0.517. The third-order valence-corrected chi connectivity index (χ3v) is 7.20. The first kappa shape index (κ1) is 27.6. The van der Waals surface area contributed by atoms with Gasteiger partial charge in [-0.3, -0.25) is 9.69 Å². The molecular formula is C29H40N6O3. The van der Waals surface area contributed by atoms with E-state index in [1.54, 1.807) is 4.68 Å². The third-order valence-electron chi connectivity index (χ3n) is 7.20. The van der Waals surface area contributed by atoms with Crippen molar-refractivity contribution in [2.45, 2.75) is 72.0 Å². The van der Waals surface area contributed by atoms with Gasteiger partial charge in [0.15, 0.2) is 5.82 Å². The number of unbranched alkanes of at least 4 members (excludes halogenated alkanes) is 1. The van der Waals surface area contributed by atoms with E-state index in [0.717, 1.165) is 42.0 Å². The molecule has 2 atom stereocenters. The Morgan fingerprint density at radius 3 is 2.63 bits per heavy atom. The summed E-state index contributed by atoms with van der Waals surface area (Å²) >= 11 is 0. The Morgan fingerprint density at radius 1 is 1.08 bits per heavy atom. The lowest BCUT2D eigenvalue weighted by molar-refractivity contribution is -0.137. The van der Waals surface area contributed by atoms with Crippen LogP contribution in [-0.2, 0) is 17.8 Å². The molecule has 0 unspecified atom stereocenters. The molecule has 204 valence electrons. The van der Waals surface area contributed by atoms with Crippen LogP contribution in [0.25, 0.3) is 11.4 Å². The fourth-order valence-corrected chi connectivity index (χ4v) is 5.40. The maximum Gasteiger partial charge on any atom is 0.303 e. The van der Waals surface area contributed by atoms with Crippen molar-refractivity contribution in [2.75, 3.05) is 24.5 Å². The third kappa shape index (κ3) is 6.89. The van der Waals surface area contributed by atoms with Crippen molar-refractivity contribution in [3.63, 3.8) is 0 Å². The molecule has 1 aliphatic heterocycles. The first-order chi connectivity index (χ1) is 18.2. The Morgan fingerprint density at radius 2 is 1.87 bits per heavy atom. The molecule has 0 bridgehead atoms. The molecule has 4 rings (SSSR count). The summed E-state index contributed by atoms with van der Waals surface area (Å²) in [6.07, 6.45) is 2.02. The number of anilines is 1. The molecule has 0 spiro atoms. The van der Waals surface area contributed by atoms with Crippen LogP contribution in [0, 0.1) is 5.92 Å². The van der Waals surface area contributed by atoms with E-state index in [0.29, 0.717) is 49.6 Å². The molecule has 0 saturated carbocycles. The molecule has 1 aromatic heterocycles. The molecule has 9 heteroatoms. The Balaban J connectivity index is 1.53. The number of benzene rings is 2. The number of aromatic nitrogens is 4. The quantitative estimate of drug-likeness (QED) is 0.357. The summed E-state index contributed by atoms with van der Waals surface area (Å²) in [6, 6.07) is 14.7. The lowest BCUT2D eigenvalue weighted by Gasteiger charge is -2.46. The predicted molar refractivity (Wildman–Crippen MR) is 148 cm³/mol. The van der Waals surface area contributed by atoms with Crippen LogP contribution in [0.15, 0.2) is 42.5 Å². The van der Waals surface area contributed by atoms with Crippen LogP contribution in [-0.4, -0.2) is 73.0 Å². The molecule has 1 saturated heterocycles. The normalized spacial score (nSPS) is 18.3. The van der Waals surface area contributed by atoms with Gasteiger partial charge >= 0.3 is 5.97 Å². The summed E-state index contributed by atoms with van der Waals surface area (Å²) < 4.78 is 1.74. The predicted octanol–water partition coefficient (Wildman–Crippen LogP) is 4.45. The van der Waals surface area contributed by atoms with Crippen molar-refractivity contribution in [2.24, 2.45) is 5.92 Å². The van der Waals surface area contributed by atoms with Crippen LogP contribution in [0.1, 0.15) is 58.1 Å². The van der Waals surface area contributed by atoms with Crippen LogP contribution >= 0.6 is 0 Å². The maximum absolute atomic E-state index is 10.8. The molecule has 1 aliphatic rings. The second-order valence-electron chi connectivity index (χ2n) is 11.0. The molecule has 2 N–H and O–H groups in total. The second kappa shape index (κ2) is 12.4. The number of tetrazole rings is 1. The highest BCUT2D eigenvalue weighted by Gasteiger charge is 2.29. The van der Waals surface area contributed by atoms with Gasteiger partial charge in [-0.25, -0.2) is 4.68 Å². The highest BCUT2D eigenvalue weighted by molar-refractivity contribution is 5.66. The zero-order chi connectivity index (χ0) is 27.2. The number of phenolic OH excluding ortho intramolecular Hbond substituents is 1. The summed E-state index contributed by atoms with van der Waals surface area (Å²) in [7, 11) is 0. The number of phenols is 1. The minimum absolute atomic E-state index is 0.137. The van der Waals surface area contributed by atoms with Gasteiger partial charge in [-0.15, -0.1) is 5.10 Å². The molecule has 9 nitrogen and oxygen atoms in total. The SMILES string of the molecule is CC(C)CN1C[C@H](C)N(c2cc(O)cc(Cc3ccccc3-c3nnnn3CCCCC(=O)O)c2)C[C@H]1C. The van der Waals surface area contributed by atoms with Gasteiger partial charge in [-0.1, -0.05) is 38.1 Å². The summed E-state index contributed by atoms with van der Waals surface area (Å²) in [4.78, 5) is 15.8. The lowest BCUT2D eigenvalue weighted by atomic mass is 9.97. The van der Waals surface area contributed by atoms with Gasteiger partial charge in [-0.2, -0.15) is 0 Å². The maximum atomic E-state index is 10.8. The van der Waals surface area contributed by atoms with Crippen molar-refractivity contribution < 1.29 is 15.0 Å². The number of carboxylic acids is 1. The number of carboxylic acid groups (broad SMARTS) is 1. The zero-order valence-corrected chi connectivity index (χ0v) is 22.9. The molecule has 2 aromatic carbocycles. The molecule has 0 aliphatic carbocycles. The van der Waals surface area contributed by atoms with Crippen LogP contribution in [0.3, 0.4) is 0 Å². The molecule has 1 fully saturated rings. The first-order valence-electron chi connectivity index (χ1n) is 13.6. The van der Waals surface area contributed by atoms with E-state index in [1.165, 1.54) is 0 Å². The topological polar surface area (TPSA) is 108 Å². The van der Waals surface area contributed by atoms with Crippen LogP contribution in [0.2, 0.25) is 0 Å². The van der Waals surface area contributed by atoms with Gasteiger partial charge in [0.2, 0.25) is 0 Å². The van der Waals surface area contributed by atoms with E-state index >= 15 is 0 Å². The summed E-state index contributed by atoms with van der Waals surface area (Å²) in [5.41, 5.74) is 4.07. The van der Waals surface area contributed by atoms with Gasteiger partial charge in [0.25, 0.3) is 0 Å². The van der Waals surface area contributed by atoms with Gasteiger partial charge in [-0.05, 0) is 72.7 Å². The molecule has 38 heavy (non-hydrogen) atoms. The van der Waals surface area contributed by atoms with Crippen LogP contribution in [0.5, 0.6) is 5.75 Å². The molecule has 2 heterocycles. The van der Waals surface area contributed by atoms with E-state index < -0.39 is 5.97 Å². The lowest BCUT2D eigenvalue weighted by Crippen LogP contribution is -2.57. The van der Waals surface area contributed by atoms with E-state index in [1.807, 2.05) is 30.3 Å². The minimum atomic E-state index is -0.793. The van der Waals surface area contributed by atoms with E-state index in [9.17, 15) is 9.90 Å². The highest BCUT2D eigenvalue weighted by Crippen LogP contribution is 2.31. The summed E-state index contributed by atoms with van der Waals surface area (Å²) in [6.45, 7) is 12.6. The van der Waals surface area contributed by atoms with Gasteiger partial charge in [0, 0.05) is 62.0 Å². The Bertz CT molecular complexity index is 1230. The number of piperazine rings is 1. The number of aryl methyl sites for hydroxylation is 1. The Kier molecular flexibility index (Phi) is 8.99. The Hall–Kier alpha value is -3.46. The monoisotopic (exact) mass is 520 g/mol. The van der Waals surface area contributed by atoms with Crippen molar-refractivity contribution in [3.8, 4) is 17.1 Å². The fourth-order valence-electron chi connectivity index (χ4n) is 5.40. The van der Waals surface area contributed by atoms with Crippen LogP contribution < -0.4 is 4.90 Å². The van der Waals surface area contributed by atoms with Gasteiger partial charge in [0.05, 0.1) is 0 Å². The number of rotatable bonds is 11. The number of carbonyl (C=O) groups is 1. The van der Waals surface area contributed by atoms with Crippen molar-refractivity contribution in [3.05, 3.63) is 53.6 Å². The first-order valence-corrected chi connectivity index (χ1v) is 13.6. The van der Waals surface area contributed by atoms with Crippen molar-refractivity contribution in [1.82, 2.24) is 25.1 Å². The minimum Gasteiger partial charge on any atom is -0.508 e. The van der Waals surface area contributed by atoms with Crippen LogP contribution in [0.4, 0.5) is 5.69 Å². The number of hydrogen-bond donors (Lipinski definition) is 2. The number of nitrogens with zero attached hydrogens (tertiary/aromatic N) is 6. The van der Waals surface area contributed by atoms with Gasteiger partial charge in [0.1, 0.15) is 5.75 Å². The smallest absolute Gasteiger partial charge is 0.303 e. The highest BCUT2D eigenvalue weighted by atomic mass is 16.4. The Labute approximate surface area is 225 Å². The number of hydrogen-bond acceptors (Lipinski definition) is 7. The number of aliphatic carboxylic acids is 1. The van der Waals surface area contributed by atoms with E-state index in [-0.39, 0.29) is 12.2 Å². The van der Waals surface area contributed by atoms with Crippen molar-refractivity contribution in [1.29, 1.82) is 0 Å². The number of aromatic hydroxyl groups is 1. The van der Waals surface area contributed by atoms with E-state index in [2.05, 4.69) is 65.2 Å². The zero-order valence-electron chi connectivity index (χ0n) is 22.9. The molecule has 0 radical (unpaired) electrons. The summed E-state index contributed by atoms with van der Waals surface area (Å²) in [5, 5.41) is 31.9. The largest absolute Gasteiger partial charge is 0.508 e. The van der Waals surface area contributed by atoms with Gasteiger partial charge < -0.3 is 15.1 Å². The molecular weight excluding hydrogens is 480 g/mol. The molecule has 0 amide bonds. The van der Waals surface area contributed by atoms with Crippen molar-refractivity contribution >= 4 is 11.7 Å². The average molecular weight is 521 g/mol. The van der Waals surface area contributed by atoms with E-state index in [4.69, 9.17) is 5.11 Å². The average Bonchev–Trinajstić information content (AvgIpc) is 3.32. The molecule has 3 aromatic rings. The second-order valence-corrected chi connectivity index (χ2v) is 11.0. The summed E-state index contributed by atoms with van der Waals surface area (Å²) in [5.74, 6) is 0.774.